The topological polar surface area (TPSA) is 41.1 Å². The van der Waals surface area contributed by atoms with Gasteiger partial charge in [-0.1, -0.05) is 0 Å². The fourth-order valence-electron chi connectivity index (χ4n) is 3.26. The summed E-state index contributed by atoms with van der Waals surface area (Å²) in [6.07, 6.45) is 8.71. The molecule has 0 aliphatic carbocycles. The van der Waals surface area contributed by atoms with Crippen LogP contribution in [0.15, 0.2) is 12.4 Å². The molecule has 1 aromatic rings. The highest BCUT2D eigenvalue weighted by molar-refractivity contribution is 5.42. The van der Waals surface area contributed by atoms with Crippen molar-refractivity contribution in [3.05, 3.63) is 18.1 Å². The lowest BCUT2D eigenvalue weighted by Gasteiger charge is -2.36. The van der Waals surface area contributed by atoms with E-state index in [4.69, 9.17) is 0 Å². The lowest BCUT2D eigenvalue weighted by atomic mass is 9.98. The van der Waals surface area contributed by atoms with E-state index in [9.17, 15) is 0 Å². The summed E-state index contributed by atoms with van der Waals surface area (Å²) in [5.74, 6) is 1.04. The third-order valence-electron chi connectivity index (χ3n) is 4.19. The van der Waals surface area contributed by atoms with Gasteiger partial charge in [-0.2, -0.15) is 0 Å². The van der Waals surface area contributed by atoms with E-state index in [1.54, 1.807) is 12.4 Å². The van der Waals surface area contributed by atoms with Crippen LogP contribution in [0.25, 0.3) is 0 Å². The van der Waals surface area contributed by atoms with Crippen LogP contribution in [0.1, 0.15) is 31.4 Å². The fourth-order valence-corrected chi connectivity index (χ4v) is 3.26. The first kappa shape index (κ1) is 11.0. The second kappa shape index (κ2) is 4.26. The van der Waals surface area contributed by atoms with Crippen LogP contribution < -0.4 is 10.2 Å². The van der Waals surface area contributed by atoms with Gasteiger partial charge in [0, 0.05) is 37.6 Å². The van der Waals surface area contributed by atoms with Crippen molar-refractivity contribution in [2.45, 2.75) is 50.7 Å². The van der Waals surface area contributed by atoms with Crippen LogP contribution in [0.5, 0.6) is 0 Å². The van der Waals surface area contributed by atoms with Gasteiger partial charge in [0.2, 0.25) is 0 Å². The Labute approximate surface area is 102 Å². The molecule has 2 saturated heterocycles. The molecule has 2 bridgehead atoms. The molecule has 2 aliphatic heterocycles. The molecule has 3 heterocycles. The molecule has 92 valence electrons. The predicted molar refractivity (Wildman–Crippen MR) is 68.1 cm³/mol. The summed E-state index contributed by atoms with van der Waals surface area (Å²) in [7, 11) is 2.16. The molecule has 2 unspecified atom stereocenters. The van der Waals surface area contributed by atoms with Crippen LogP contribution >= 0.6 is 0 Å². The number of anilines is 1. The number of hydrogen-bond donors (Lipinski definition) is 1. The molecule has 1 aromatic heterocycles. The van der Waals surface area contributed by atoms with Gasteiger partial charge in [-0.3, -0.25) is 4.98 Å². The van der Waals surface area contributed by atoms with Crippen LogP contribution in [0.2, 0.25) is 0 Å². The molecule has 4 heteroatoms. The highest BCUT2D eigenvalue weighted by Crippen LogP contribution is 2.31. The van der Waals surface area contributed by atoms with E-state index < -0.39 is 0 Å². The molecule has 0 saturated carbocycles. The number of aryl methyl sites for hydroxylation is 1. The van der Waals surface area contributed by atoms with Gasteiger partial charge >= 0.3 is 0 Å². The molecule has 0 radical (unpaired) electrons. The van der Waals surface area contributed by atoms with Crippen molar-refractivity contribution in [2.75, 3.05) is 11.9 Å². The molecule has 2 fully saturated rings. The minimum atomic E-state index is 0.615. The Balaban J connectivity index is 1.78. The number of fused-ring (bicyclic) bond motifs is 2. The normalized spacial score (nSPS) is 31.5. The summed E-state index contributed by atoms with van der Waals surface area (Å²) >= 11 is 0. The van der Waals surface area contributed by atoms with Gasteiger partial charge < -0.3 is 10.2 Å². The molecule has 0 spiro atoms. The largest absolute Gasteiger partial charge is 0.355 e. The SMILES string of the molecule is Cc1nccnc1N(C)C1CC2CCC(C1)N2. The summed E-state index contributed by atoms with van der Waals surface area (Å²) in [5, 5.41) is 3.68. The summed E-state index contributed by atoms with van der Waals surface area (Å²) in [5.41, 5.74) is 1.03. The summed E-state index contributed by atoms with van der Waals surface area (Å²) in [6.45, 7) is 2.04. The Morgan fingerprint density at radius 1 is 1.18 bits per heavy atom. The molecule has 0 amide bonds. The van der Waals surface area contributed by atoms with E-state index in [0.717, 1.165) is 23.6 Å². The average molecular weight is 232 g/mol. The quantitative estimate of drug-likeness (QED) is 0.839. The molecule has 3 rings (SSSR count). The van der Waals surface area contributed by atoms with Gasteiger partial charge in [-0.05, 0) is 32.6 Å². The molecule has 2 aliphatic rings. The molecular weight excluding hydrogens is 212 g/mol. The van der Waals surface area contributed by atoms with Crippen LogP contribution in [0, 0.1) is 6.92 Å². The van der Waals surface area contributed by atoms with E-state index in [-0.39, 0.29) is 0 Å². The third kappa shape index (κ3) is 2.02. The maximum absolute atomic E-state index is 4.47. The fraction of sp³-hybridized carbons (Fsp3) is 0.692. The molecule has 17 heavy (non-hydrogen) atoms. The monoisotopic (exact) mass is 232 g/mol. The summed E-state index contributed by atoms with van der Waals surface area (Å²) in [4.78, 5) is 11.1. The third-order valence-corrected chi connectivity index (χ3v) is 4.19. The maximum Gasteiger partial charge on any atom is 0.150 e. The highest BCUT2D eigenvalue weighted by Gasteiger charge is 2.35. The Hall–Kier alpha value is -1.16. The van der Waals surface area contributed by atoms with Crippen molar-refractivity contribution >= 4 is 5.82 Å². The lowest BCUT2D eigenvalue weighted by Crippen LogP contribution is -2.47. The summed E-state index contributed by atoms with van der Waals surface area (Å²) in [6, 6.07) is 2.06. The minimum absolute atomic E-state index is 0.615. The first-order valence-electron chi connectivity index (χ1n) is 6.50. The number of piperidine rings is 1. The second-order valence-electron chi connectivity index (χ2n) is 5.34. The van der Waals surface area contributed by atoms with Crippen molar-refractivity contribution < 1.29 is 0 Å². The van der Waals surface area contributed by atoms with Crippen molar-refractivity contribution in [1.82, 2.24) is 15.3 Å². The molecular formula is C13H20N4. The van der Waals surface area contributed by atoms with E-state index in [0.29, 0.717) is 6.04 Å². The van der Waals surface area contributed by atoms with Crippen molar-refractivity contribution in [3.63, 3.8) is 0 Å². The van der Waals surface area contributed by atoms with Crippen LogP contribution in [-0.2, 0) is 0 Å². The zero-order chi connectivity index (χ0) is 11.8. The predicted octanol–water partition coefficient (Wildman–Crippen LogP) is 1.50. The lowest BCUT2D eigenvalue weighted by molar-refractivity contribution is 0.353. The van der Waals surface area contributed by atoms with Crippen LogP contribution in [0.4, 0.5) is 5.82 Å². The number of aromatic nitrogens is 2. The van der Waals surface area contributed by atoms with Gasteiger partial charge in [-0.15, -0.1) is 0 Å². The Morgan fingerprint density at radius 2 is 1.82 bits per heavy atom. The van der Waals surface area contributed by atoms with Gasteiger partial charge in [0.1, 0.15) is 5.82 Å². The Morgan fingerprint density at radius 3 is 2.47 bits per heavy atom. The van der Waals surface area contributed by atoms with Gasteiger partial charge in [0.15, 0.2) is 0 Å². The first-order chi connectivity index (χ1) is 8.24. The van der Waals surface area contributed by atoms with Crippen LogP contribution in [0.3, 0.4) is 0 Å². The maximum atomic E-state index is 4.47. The van der Waals surface area contributed by atoms with Gasteiger partial charge in [0.05, 0.1) is 5.69 Å². The van der Waals surface area contributed by atoms with E-state index in [1.165, 1.54) is 25.7 Å². The highest BCUT2D eigenvalue weighted by atomic mass is 15.2. The van der Waals surface area contributed by atoms with Crippen molar-refractivity contribution in [1.29, 1.82) is 0 Å². The minimum Gasteiger partial charge on any atom is -0.355 e. The number of hydrogen-bond acceptors (Lipinski definition) is 4. The molecule has 0 aromatic carbocycles. The molecule has 1 N–H and O–H groups in total. The van der Waals surface area contributed by atoms with Crippen molar-refractivity contribution in [2.24, 2.45) is 0 Å². The van der Waals surface area contributed by atoms with E-state index >= 15 is 0 Å². The Bertz CT molecular complexity index is 394. The van der Waals surface area contributed by atoms with Gasteiger partial charge in [0.25, 0.3) is 0 Å². The second-order valence-corrected chi connectivity index (χ2v) is 5.34. The zero-order valence-electron chi connectivity index (χ0n) is 10.6. The average Bonchev–Trinajstić information content (AvgIpc) is 2.68. The van der Waals surface area contributed by atoms with Crippen LogP contribution in [-0.4, -0.2) is 35.1 Å². The zero-order valence-corrected chi connectivity index (χ0v) is 10.6. The first-order valence-corrected chi connectivity index (χ1v) is 6.50. The standard InChI is InChI=1S/C13H20N4/c1-9-13(15-6-5-14-9)17(2)12-7-10-3-4-11(8-12)16-10/h5-6,10-12,16H,3-4,7-8H2,1-2H3. The number of rotatable bonds is 2. The molecule has 2 atom stereocenters. The van der Waals surface area contributed by atoms with Crippen molar-refractivity contribution in [3.8, 4) is 0 Å². The smallest absolute Gasteiger partial charge is 0.150 e. The van der Waals surface area contributed by atoms with E-state index in [1.807, 2.05) is 6.92 Å². The number of nitrogens with zero attached hydrogens (tertiary/aromatic N) is 3. The van der Waals surface area contributed by atoms with Gasteiger partial charge in [-0.25, -0.2) is 4.98 Å². The van der Waals surface area contributed by atoms with E-state index in [2.05, 4.69) is 27.2 Å². The Kier molecular flexibility index (Phi) is 2.74. The summed E-state index contributed by atoms with van der Waals surface area (Å²) < 4.78 is 0. The number of nitrogens with one attached hydrogen (secondary N) is 1. The molecule has 4 nitrogen and oxygen atoms in total.